The molecule has 0 amide bonds. The van der Waals surface area contributed by atoms with Crippen molar-refractivity contribution in [3.05, 3.63) is 455 Å². The van der Waals surface area contributed by atoms with Crippen LogP contribution in [0.25, 0.3) is 321 Å². The molecule has 11 nitrogen and oxygen atoms in total. The molecule has 9 heterocycles. The monoisotopic (exact) mass is 1900 g/mol. The van der Waals surface area contributed by atoms with Gasteiger partial charge in [-0.05, 0) is 213 Å². The lowest BCUT2D eigenvalue weighted by atomic mass is 9.93. The van der Waals surface area contributed by atoms with Gasteiger partial charge in [0.05, 0.1) is 55.2 Å². The molecule has 35 rings (SSSR count). The molecule has 9 aromatic heterocycles. The molecule has 0 bridgehead atoms. The second-order valence-electron chi connectivity index (χ2n) is 38.8. The predicted octanol–water partition coefficient (Wildman–Crippen LogP) is 35.8. The van der Waals surface area contributed by atoms with E-state index < -0.39 is 0 Å². The standard InChI is InChI=1S/C48H29N3.C43H22N4S.C43H24N4S/c1-2-12-30(13-3-1)50-41-22-10-18-37-33-14-4-5-15-34(33)38-19-11-23-42-46(38)48-44(29-28-43(50)47(48)45(37)41)51(42)32-26-24-31(25-27-32)49-39-20-8-6-16-35(39)36-17-7-9-21-40(36)49;1-3-10-23(11-4-1)41-44-42(24-12-5-2-6-13-24)46-43(45-41)47-30-19-9-18-29-28-17-8-16-27-26-15-7-14-25-22-33-39(40(34(25)26)35(27)28)38-32(48-33)21-20-31(47)37(38)36(29)30;1-3-12-25(13-4-1)41-44-42(26-14-5-2-6-15-26)46-43(45-41)47-33-21-11-20-31-29-18-9-10-19-30(29)32-24-27-16-7-8-17-28(27)40-37(32)39-35(48-40)23-22-34(47)38(39)36(31)33/h1-29H;1-22H;1-24H. The van der Waals surface area contributed by atoms with Gasteiger partial charge in [-0.2, -0.15) is 19.9 Å². The Labute approximate surface area is 845 Å². The molecule has 1 aliphatic rings. The number of para-hydroxylation sites is 3. The highest BCUT2D eigenvalue weighted by Crippen LogP contribution is 2.58. The first kappa shape index (κ1) is 80.5. The highest BCUT2D eigenvalue weighted by Gasteiger charge is 2.33. The quantitative estimate of drug-likeness (QED) is 0.143. The van der Waals surface area contributed by atoms with Crippen LogP contribution in [0.3, 0.4) is 0 Å². The first-order valence-corrected chi connectivity index (χ1v) is 51.6. The minimum absolute atomic E-state index is 0.608. The van der Waals surface area contributed by atoms with Gasteiger partial charge >= 0.3 is 0 Å². The van der Waals surface area contributed by atoms with Gasteiger partial charge in [0.2, 0.25) is 11.9 Å². The van der Waals surface area contributed by atoms with E-state index in [1.165, 1.54) is 230 Å². The molecule has 1 aliphatic carbocycles. The molecule has 0 atom stereocenters. The first-order chi connectivity index (χ1) is 73.0. The van der Waals surface area contributed by atoms with Gasteiger partial charge in [-0.15, -0.1) is 22.7 Å². The van der Waals surface area contributed by atoms with Crippen LogP contribution >= 0.6 is 22.7 Å². The summed E-state index contributed by atoms with van der Waals surface area (Å²) < 4.78 is 17.1. The van der Waals surface area contributed by atoms with Gasteiger partial charge in [0, 0.05) is 139 Å². The number of aromatic nitrogens is 11. The van der Waals surface area contributed by atoms with Crippen molar-refractivity contribution in [1.82, 2.24) is 52.7 Å². The number of nitrogens with zero attached hydrogens (tertiary/aromatic N) is 11. The highest BCUT2D eigenvalue weighted by atomic mass is 32.1. The lowest BCUT2D eigenvalue weighted by molar-refractivity contribution is 0.953. The Morgan fingerprint density at radius 2 is 0.449 bits per heavy atom. The molecule has 13 heteroatoms. The Balaban J connectivity index is 0.0000000962. The molecule has 0 spiro atoms. The summed E-state index contributed by atoms with van der Waals surface area (Å²) >= 11 is 3.80. The van der Waals surface area contributed by atoms with Crippen molar-refractivity contribution in [2.24, 2.45) is 0 Å². The van der Waals surface area contributed by atoms with Crippen molar-refractivity contribution >= 4 is 258 Å². The van der Waals surface area contributed by atoms with E-state index in [0.717, 1.165) is 55.7 Å². The second-order valence-corrected chi connectivity index (χ2v) is 40.9. The van der Waals surface area contributed by atoms with Crippen LogP contribution in [0, 0.1) is 0 Å². The molecular weight excluding hydrogens is 1830 g/mol. The number of rotatable bonds is 9. The average Bonchev–Trinajstić information content (AvgIpc) is 1.51. The fraction of sp³-hybridized carbons (Fsp3) is 0. The minimum atomic E-state index is 0.608. The summed E-state index contributed by atoms with van der Waals surface area (Å²) in [4.78, 5) is 30.8. The second kappa shape index (κ2) is 30.7. The topological polar surface area (TPSA) is 102 Å². The largest absolute Gasteiger partial charge is 0.309 e. The van der Waals surface area contributed by atoms with Crippen LogP contribution in [0.5, 0.6) is 0 Å². The lowest BCUT2D eigenvalue weighted by Gasteiger charge is -2.12. The number of fused-ring (bicyclic) bond motifs is 13. The third-order valence-corrected chi connectivity index (χ3v) is 33.5. The Bertz CT molecular complexity index is 11300. The predicted molar refractivity (Wildman–Crippen MR) is 618 cm³/mol. The molecule has 0 saturated carbocycles. The lowest BCUT2D eigenvalue weighted by Crippen LogP contribution is -2.06. The molecule has 25 aromatic carbocycles. The Hall–Kier alpha value is -19.2. The van der Waals surface area contributed by atoms with E-state index in [1.54, 1.807) is 0 Å². The smallest absolute Gasteiger partial charge is 0.238 e. The van der Waals surface area contributed by atoms with E-state index in [0.29, 0.717) is 35.2 Å². The van der Waals surface area contributed by atoms with Crippen LogP contribution < -0.4 is 0 Å². The van der Waals surface area contributed by atoms with Crippen LogP contribution in [-0.2, 0) is 0 Å². The first-order valence-electron chi connectivity index (χ1n) is 50.0. The van der Waals surface area contributed by atoms with Gasteiger partial charge in [0.25, 0.3) is 0 Å². The minimum Gasteiger partial charge on any atom is -0.309 e. The molecule has 0 N–H and O–H groups in total. The van der Waals surface area contributed by atoms with Crippen molar-refractivity contribution < 1.29 is 0 Å². The number of hydrogen-bond donors (Lipinski definition) is 0. The van der Waals surface area contributed by atoms with Gasteiger partial charge < -0.3 is 13.7 Å². The van der Waals surface area contributed by atoms with Crippen LogP contribution in [0.2, 0.25) is 0 Å². The summed E-state index contributed by atoms with van der Waals surface area (Å²) in [5, 5.41) is 38.7. The third-order valence-electron chi connectivity index (χ3n) is 31.3. The van der Waals surface area contributed by atoms with E-state index in [2.05, 4.69) is 405 Å². The highest BCUT2D eigenvalue weighted by molar-refractivity contribution is 7.27. The average molecular weight is 1900 g/mol. The van der Waals surface area contributed by atoms with E-state index in [9.17, 15) is 0 Å². The van der Waals surface area contributed by atoms with Gasteiger partial charge in [-0.1, -0.05) is 334 Å². The van der Waals surface area contributed by atoms with Crippen molar-refractivity contribution in [3.63, 3.8) is 0 Å². The van der Waals surface area contributed by atoms with E-state index in [4.69, 9.17) is 29.9 Å². The summed E-state index contributed by atoms with van der Waals surface area (Å²) in [6.07, 6.45) is 0. The summed E-state index contributed by atoms with van der Waals surface area (Å²) in [5.74, 6) is 3.83. The Morgan fingerprint density at radius 3 is 0.918 bits per heavy atom. The van der Waals surface area contributed by atoms with Gasteiger partial charge in [0.15, 0.2) is 23.3 Å². The van der Waals surface area contributed by atoms with Crippen molar-refractivity contribution in [1.29, 1.82) is 0 Å². The fourth-order valence-corrected chi connectivity index (χ4v) is 27.8. The summed E-state index contributed by atoms with van der Waals surface area (Å²) in [6.45, 7) is 0. The molecule has 0 aliphatic heterocycles. The maximum Gasteiger partial charge on any atom is 0.238 e. The van der Waals surface area contributed by atoms with Crippen molar-refractivity contribution in [2.75, 3.05) is 0 Å². The zero-order chi connectivity index (χ0) is 95.6. The van der Waals surface area contributed by atoms with Crippen molar-refractivity contribution in [3.8, 4) is 85.6 Å². The fourth-order valence-electron chi connectivity index (χ4n) is 25.4. The summed E-state index contributed by atoms with van der Waals surface area (Å²) in [6, 6.07) is 164. The zero-order valence-corrected chi connectivity index (χ0v) is 80.2. The zero-order valence-electron chi connectivity index (χ0n) is 78.5. The molecule has 34 aromatic rings. The van der Waals surface area contributed by atoms with Gasteiger partial charge in [-0.3, -0.25) is 9.13 Å². The van der Waals surface area contributed by atoms with Crippen LogP contribution in [-0.4, -0.2) is 52.7 Å². The maximum absolute atomic E-state index is 5.21. The molecule has 0 radical (unpaired) electrons. The van der Waals surface area contributed by atoms with Crippen LogP contribution in [0.4, 0.5) is 0 Å². The Morgan fingerprint density at radius 1 is 0.150 bits per heavy atom. The number of benzene rings is 22. The molecule has 678 valence electrons. The van der Waals surface area contributed by atoms with Crippen LogP contribution in [0.1, 0.15) is 0 Å². The number of thiophene rings is 2. The maximum atomic E-state index is 5.21. The summed E-state index contributed by atoms with van der Waals surface area (Å²) in [7, 11) is 0. The number of hydrogen-bond acceptors (Lipinski definition) is 8. The van der Waals surface area contributed by atoms with Gasteiger partial charge in [0.1, 0.15) is 0 Å². The molecule has 147 heavy (non-hydrogen) atoms. The van der Waals surface area contributed by atoms with Crippen molar-refractivity contribution in [2.45, 2.75) is 0 Å². The Kier molecular flexibility index (Phi) is 16.8. The van der Waals surface area contributed by atoms with E-state index in [-0.39, 0.29) is 0 Å². The molecule has 0 fully saturated rings. The SMILES string of the molecule is c1ccc(-c2nc(-c3ccccc3)nc(-n3c4cccc5c6cccc7c6c6c8c-7cccc8cc7sc8ccc3c(c8c76)c54)n2)cc1.c1ccc(-c2nc(-c3ccccc3)nc(-n3c4cccc5c6ccccc6c6cc7ccccc7c7sc8ccc3c(c8c67)c54)n2)cc1.c1ccc(-n2c3cccc4c5ccccc5c5cccc6c5c5c(c43)c2ccc5n6-c2ccc(-n3c4ccccc4c4ccccc43)cc2)cc1. The van der Waals surface area contributed by atoms with Gasteiger partial charge in [-0.25, -0.2) is 9.97 Å². The van der Waals surface area contributed by atoms with E-state index in [1.807, 2.05) is 95.5 Å². The molecule has 0 saturated heterocycles. The normalized spacial score (nSPS) is 12.4. The summed E-state index contributed by atoms with van der Waals surface area (Å²) in [5.41, 5.74) is 21.7. The van der Waals surface area contributed by atoms with Crippen LogP contribution in [0.15, 0.2) is 455 Å². The third kappa shape index (κ3) is 11.4. The molecule has 0 unspecified atom stereocenters. The van der Waals surface area contributed by atoms with E-state index >= 15 is 0 Å². The molecular formula is C134H75N11S2.